The summed E-state index contributed by atoms with van der Waals surface area (Å²) in [6.07, 6.45) is 3.80. The first-order valence-corrected chi connectivity index (χ1v) is 6.87. The van der Waals surface area contributed by atoms with Crippen LogP contribution in [-0.2, 0) is 5.54 Å². The highest BCUT2D eigenvalue weighted by molar-refractivity contribution is 7.11. The number of nitrogens with zero attached hydrogens (tertiary/aromatic N) is 2. The van der Waals surface area contributed by atoms with Gasteiger partial charge in [-0.05, 0) is 33.1 Å². The summed E-state index contributed by atoms with van der Waals surface area (Å²) in [5, 5.41) is 1.14. The number of aromatic nitrogens is 1. The fourth-order valence-electron chi connectivity index (χ4n) is 2.48. The molecule has 1 saturated carbocycles. The second-order valence-corrected chi connectivity index (χ2v) is 6.47. The van der Waals surface area contributed by atoms with Crippen LogP contribution < -0.4 is 5.73 Å². The minimum absolute atomic E-state index is 0.174. The number of hydrogen-bond acceptors (Lipinski definition) is 4. The van der Waals surface area contributed by atoms with E-state index in [-0.39, 0.29) is 5.54 Å². The summed E-state index contributed by atoms with van der Waals surface area (Å²) in [5.74, 6) is 0. The number of rotatable bonds is 2. The molecule has 1 aromatic heterocycles. The van der Waals surface area contributed by atoms with Crippen LogP contribution in [0.1, 0.15) is 34.8 Å². The molecule has 0 amide bonds. The molecule has 2 N–H and O–H groups in total. The maximum Gasteiger partial charge on any atom is 0.114 e. The molecule has 3 rings (SSSR count). The van der Waals surface area contributed by atoms with Crippen LogP contribution >= 0.6 is 11.3 Å². The minimum atomic E-state index is -0.174. The number of likely N-dealkylation sites (tertiary alicyclic amines) is 1. The Morgan fingerprint density at radius 1 is 1.44 bits per heavy atom. The topological polar surface area (TPSA) is 42.1 Å². The minimum Gasteiger partial charge on any atom is -0.318 e. The summed E-state index contributed by atoms with van der Waals surface area (Å²) in [4.78, 5) is 8.50. The van der Waals surface area contributed by atoms with Gasteiger partial charge in [0.2, 0.25) is 0 Å². The monoisotopic (exact) mass is 237 g/mol. The Morgan fingerprint density at radius 2 is 2.19 bits per heavy atom. The fraction of sp³-hybridized carbons (Fsp3) is 0.750. The van der Waals surface area contributed by atoms with Crippen LogP contribution in [-0.4, -0.2) is 29.0 Å². The zero-order chi connectivity index (χ0) is 11.3. The fourth-order valence-corrected chi connectivity index (χ4v) is 3.51. The van der Waals surface area contributed by atoms with E-state index >= 15 is 0 Å². The molecular weight excluding hydrogens is 218 g/mol. The van der Waals surface area contributed by atoms with Gasteiger partial charge in [-0.2, -0.15) is 0 Å². The highest BCUT2D eigenvalue weighted by atomic mass is 32.1. The molecule has 1 atom stereocenters. The predicted octanol–water partition coefficient (Wildman–Crippen LogP) is 1.78. The van der Waals surface area contributed by atoms with Crippen LogP contribution in [0.5, 0.6) is 0 Å². The number of nitrogens with two attached hydrogens (primary N) is 1. The molecule has 1 unspecified atom stereocenters. The average Bonchev–Trinajstić information content (AvgIpc) is 2.93. The average molecular weight is 237 g/mol. The van der Waals surface area contributed by atoms with Gasteiger partial charge >= 0.3 is 0 Å². The molecule has 0 spiro atoms. The van der Waals surface area contributed by atoms with E-state index in [9.17, 15) is 0 Å². The molecule has 2 heterocycles. The maximum absolute atomic E-state index is 6.52. The smallest absolute Gasteiger partial charge is 0.114 e. The largest absolute Gasteiger partial charge is 0.318 e. The SMILES string of the molecule is Cc1nc(C2(N)CCN(C3CC3)C2)sc1C. The van der Waals surface area contributed by atoms with E-state index in [1.165, 1.54) is 17.7 Å². The molecule has 4 heteroatoms. The highest BCUT2D eigenvalue weighted by Crippen LogP contribution is 2.38. The normalized spacial score (nSPS) is 31.2. The molecule has 88 valence electrons. The van der Waals surface area contributed by atoms with Crippen LogP contribution in [0.25, 0.3) is 0 Å². The zero-order valence-corrected chi connectivity index (χ0v) is 10.8. The molecule has 0 aromatic carbocycles. The number of hydrogen-bond donors (Lipinski definition) is 1. The Labute approximate surface area is 101 Å². The third-order valence-corrected chi connectivity index (χ3v) is 5.14. The Morgan fingerprint density at radius 3 is 2.75 bits per heavy atom. The van der Waals surface area contributed by atoms with Gasteiger partial charge in [-0.1, -0.05) is 0 Å². The molecule has 1 aromatic rings. The zero-order valence-electron chi connectivity index (χ0n) is 9.99. The number of aryl methyl sites for hydroxylation is 2. The molecule has 1 saturated heterocycles. The van der Waals surface area contributed by atoms with Crippen LogP contribution in [0.3, 0.4) is 0 Å². The van der Waals surface area contributed by atoms with Gasteiger partial charge < -0.3 is 5.73 Å². The summed E-state index contributed by atoms with van der Waals surface area (Å²) in [7, 11) is 0. The van der Waals surface area contributed by atoms with Crippen molar-refractivity contribution in [3.63, 3.8) is 0 Å². The molecule has 2 fully saturated rings. The first-order chi connectivity index (χ1) is 7.58. The van der Waals surface area contributed by atoms with Crippen molar-refractivity contribution >= 4 is 11.3 Å². The molecule has 1 aliphatic carbocycles. The van der Waals surface area contributed by atoms with Crippen molar-refractivity contribution in [2.75, 3.05) is 13.1 Å². The summed E-state index contributed by atoms with van der Waals surface area (Å²) in [6.45, 7) is 6.36. The van der Waals surface area contributed by atoms with Crippen molar-refractivity contribution in [3.8, 4) is 0 Å². The van der Waals surface area contributed by atoms with E-state index in [1.807, 2.05) is 0 Å². The maximum atomic E-state index is 6.52. The van der Waals surface area contributed by atoms with E-state index in [0.29, 0.717) is 0 Å². The lowest BCUT2D eigenvalue weighted by Crippen LogP contribution is -2.40. The predicted molar refractivity (Wildman–Crippen MR) is 66.7 cm³/mol. The lowest BCUT2D eigenvalue weighted by Gasteiger charge is -2.22. The Balaban J connectivity index is 1.82. The number of thiazole rings is 1. The van der Waals surface area contributed by atoms with Crippen molar-refractivity contribution in [2.24, 2.45) is 5.73 Å². The lowest BCUT2D eigenvalue weighted by atomic mass is 10.0. The third-order valence-electron chi connectivity index (χ3n) is 3.85. The molecule has 16 heavy (non-hydrogen) atoms. The van der Waals surface area contributed by atoms with Gasteiger partial charge in [0.25, 0.3) is 0 Å². The van der Waals surface area contributed by atoms with E-state index in [0.717, 1.165) is 36.3 Å². The first kappa shape index (κ1) is 10.7. The van der Waals surface area contributed by atoms with Crippen molar-refractivity contribution in [3.05, 3.63) is 15.6 Å². The Hall–Kier alpha value is -0.450. The van der Waals surface area contributed by atoms with Crippen LogP contribution in [0.2, 0.25) is 0 Å². The Bertz CT molecular complexity index is 391. The van der Waals surface area contributed by atoms with Gasteiger partial charge in [-0.15, -0.1) is 11.3 Å². The van der Waals surface area contributed by atoms with Crippen molar-refractivity contribution < 1.29 is 0 Å². The van der Waals surface area contributed by atoms with E-state index < -0.39 is 0 Å². The van der Waals surface area contributed by atoms with Gasteiger partial charge in [0, 0.05) is 24.0 Å². The molecule has 0 radical (unpaired) electrons. The molecular formula is C12H19N3S. The van der Waals surface area contributed by atoms with E-state index in [1.54, 1.807) is 11.3 Å². The summed E-state index contributed by atoms with van der Waals surface area (Å²) in [6, 6.07) is 0.826. The van der Waals surface area contributed by atoms with Gasteiger partial charge in [0.15, 0.2) is 0 Å². The lowest BCUT2D eigenvalue weighted by molar-refractivity contribution is 0.302. The van der Waals surface area contributed by atoms with E-state index in [2.05, 4.69) is 23.7 Å². The van der Waals surface area contributed by atoms with E-state index in [4.69, 9.17) is 5.73 Å². The second-order valence-electron chi connectivity index (χ2n) is 5.27. The molecule has 2 aliphatic rings. The summed E-state index contributed by atoms with van der Waals surface area (Å²) in [5.41, 5.74) is 7.50. The van der Waals surface area contributed by atoms with Gasteiger partial charge in [-0.3, -0.25) is 4.90 Å². The first-order valence-electron chi connectivity index (χ1n) is 6.06. The highest BCUT2D eigenvalue weighted by Gasteiger charge is 2.43. The van der Waals surface area contributed by atoms with Crippen molar-refractivity contribution in [2.45, 2.75) is 44.7 Å². The Kier molecular flexibility index (Phi) is 2.35. The van der Waals surface area contributed by atoms with Crippen molar-refractivity contribution in [1.82, 2.24) is 9.88 Å². The van der Waals surface area contributed by atoms with Crippen molar-refractivity contribution in [1.29, 1.82) is 0 Å². The quantitative estimate of drug-likeness (QED) is 0.852. The van der Waals surface area contributed by atoms with Crippen LogP contribution in [0, 0.1) is 13.8 Å². The van der Waals surface area contributed by atoms with Crippen LogP contribution in [0.15, 0.2) is 0 Å². The standard InChI is InChI=1S/C12H19N3S/c1-8-9(2)16-11(14-8)12(13)5-6-15(7-12)10-3-4-10/h10H,3-7,13H2,1-2H3. The van der Waals surface area contributed by atoms with Gasteiger partial charge in [-0.25, -0.2) is 4.98 Å². The third kappa shape index (κ3) is 1.69. The summed E-state index contributed by atoms with van der Waals surface area (Å²) >= 11 is 1.78. The van der Waals surface area contributed by atoms with Gasteiger partial charge in [0.05, 0.1) is 11.2 Å². The van der Waals surface area contributed by atoms with Crippen LogP contribution in [0.4, 0.5) is 0 Å². The molecule has 3 nitrogen and oxygen atoms in total. The summed E-state index contributed by atoms with van der Waals surface area (Å²) < 4.78 is 0. The molecule has 1 aliphatic heterocycles. The van der Waals surface area contributed by atoms with Gasteiger partial charge in [0.1, 0.15) is 5.01 Å². The molecule has 0 bridgehead atoms. The second kappa shape index (κ2) is 3.52.